The molecule has 6 heteroatoms. The molecular formula is C22H24N6. The summed E-state index contributed by atoms with van der Waals surface area (Å²) in [6, 6.07) is 6.84. The number of rotatable bonds is 5. The zero-order valence-electron chi connectivity index (χ0n) is 15.9. The molecule has 142 valence electrons. The molecule has 3 aliphatic rings. The van der Waals surface area contributed by atoms with Crippen LogP contribution in [0.2, 0.25) is 0 Å². The van der Waals surface area contributed by atoms with Crippen molar-refractivity contribution in [3.05, 3.63) is 41.7 Å². The molecule has 2 aliphatic carbocycles. The summed E-state index contributed by atoms with van der Waals surface area (Å²) < 4.78 is 0. The molecule has 1 unspecified atom stereocenters. The van der Waals surface area contributed by atoms with E-state index in [0.717, 1.165) is 66.7 Å². The maximum absolute atomic E-state index is 9.87. The Bertz CT molecular complexity index is 954. The number of aromatic nitrogens is 3. The van der Waals surface area contributed by atoms with Crippen molar-refractivity contribution in [2.45, 2.75) is 37.6 Å². The van der Waals surface area contributed by atoms with Gasteiger partial charge in [-0.3, -0.25) is 0 Å². The Hall–Kier alpha value is -2.78. The van der Waals surface area contributed by atoms with Crippen molar-refractivity contribution in [3.63, 3.8) is 0 Å². The number of nitrogens with one attached hydrogen (secondary N) is 1. The lowest BCUT2D eigenvalue weighted by atomic mass is 10.0. The maximum Gasteiger partial charge on any atom is 0.146 e. The molecule has 5 rings (SSSR count). The number of anilines is 1. The van der Waals surface area contributed by atoms with Crippen LogP contribution in [0, 0.1) is 17.2 Å². The molecule has 2 saturated carbocycles. The first-order valence-corrected chi connectivity index (χ1v) is 10.2. The van der Waals surface area contributed by atoms with Crippen molar-refractivity contribution >= 4 is 11.9 Å². The molecular weight excluding hydrogens is 348 g/mol. The van der Waals surface area contributed by atoms with Gasteiger partial charge >= 0.3 is 0 Å². The van der Waals surface area contributed by atoms with Gasteiger partial charge < -0.3 is 10.2 Å². The minimum Gasteiger partial charge on any atom is -0.353 e. The molecule has 0 bridgehead atoms. The van der Waals surface area contributed by atoms with E-state index < -0.39 is 0 Å². The van der Waals surface area contributed by atoms with Crippen LogP contribution in [0.1, 0.15) is 48.4 Å². The minimum atomic E-state index is 0.456. The van der Waals surface area contributed by atoms with Crippen molar-refractivity contribution < 1.29 is 0 Å². The van der Waals surface area contributed by atoms with Crippen LogP contribution in [0.4, 0.5) is 5.82 Å². The van der Waals surface area contributed by atoms with Crippen LogP contribution in [0.15, 0.2) is 24.9 Å². The minimum absolute atomic E-state index is 0.456. The van der Waals surface area contributed by atoms with E-state index >= 15 is 0 Å². The normalized spacial score (nSPS) is 22.0. The molecule has 0 spiro atoms. The molecule has 1 N–H and O–H groups in total. The average Bonchev–Trinajstić information content (AvgIpc) is 3.66. The van der Waals surface area contributed by atoms with Crippen molar-refractivity contribution in [2.75, 3.05) is 24.5 Å². The fourth-order valence-electron chi connectivity index (χ4n) is 4.12. The van der Waals surface area contributed by atoms with E-state index in [1.54, 1.807) is 12.3 Å². The van der Waals surface area contributed by atoms with Gasteiger partial charge in [-0.25, -0.2) is 4.98 Å². The Kier molecular flexibility index (Phi) is 4.33. The van der Waals surface area contributed by atoms with Crippen LogP contribution in [0.3, 0.4) is 0 Å². The monoisotopic (exact) mass is 372 g/mol. The number of piperazine rings is 1. The molecule has 1 atom stereocenters. The van der Waals surface area contributed by atoms with E-state index in [4.69, 9.17) is 4.98 Å². The summed E-state index contributed by atoms with van der Waals surface area (Å²) in [7, 11) is 0. The van der Waals surface area contributed by atoms with Crippen molar-refractivity contribution in [3.8, 4) is 17.3 Å². The number of pyridine rings is 1. The first-order chi connectivity index (χ1) is 13.8. The summed E-state index contributed by atoms with van der Waals surface area (Å²) in [5.74, 6) is 2.08. The lowest BCUT2D eigenvalue weighted by Gasteiger charge is -2.35. The Morgan fingerprint density at radius 3 is 2.82 bits per heavy atom. The van der Waals surface area contributed by atoms with Crippen LogP contribution in [-0.4, -0.2) is 40.9 Å². The van der Waals surface area contributed by atoms with Gasteiger partial charge in [0.25, 0.3) is 0 Å². The molecule has 2 aromatic heterocycles. The summed E-state index contributed by atoms with van der Waals surface area (Å²) in [5.41, 5.74) is 4.32. The largest absolute Gasteiger partial charge is 0.353 e. The zero-order valence-corrected chi connectivity index (χ0v) is 15.9. The van der Waals surface area contributed by atoms with E-state index in [2.05, 4.69) is 33.1 Å². The van der Waals surface area contributed by atoms with Crippen LogP contribution in [0.5, 0.6) is 0 Å². The molecule has 0 amide bonds. The second-order valence-electron chi connectivity index (χ2n) is 8.10. The van der Waals surface area contributed by atoms with Crippen molar-refractivity contribution in [2.24, 2.45) is 5.92 Å². The molecule has 3 fully saturated rings. The molecule has 6 nitrogen and oxygen atoms in total. The summed E-state index contributed by atoms with van der Waals surface area (Å²) in [6.07, 6.45) is 8.38. The van der Waals surface area contributed by atoms with Crippen LogP contribution in [-0.2, 0) is 0 Å². The van der Waals surface area contributed by atoms with E-state index in [-0.39, 0.29) is 0 Å². The van der Waals surface area contributed by atoms with Gasteiger partial charge in [0.1, 0.15) is 11.9 Å². The standard InChI is InChI=1S/C22H24N6/c1-2-14-9-19(27-25-12-14)18-10-17(11-23)22(26-21(18)16-5-6-16)28-8-7-24-20(13-28)15-3-4-15/h2,9-10,12,15-16,20,24H,1,3-8,13H2. The number of hydrogen-bond donors (Lipinski definition) is 1. The Morgan fingerprint density at radius 2 is 2.11 bits per heavy atom. The smallest absolute Gasteiger partial charge is 0.146 e. The highest BCUT2D eigenvalue weighted by Gasteiger charge is 2.36. The van der Waals surface area contributed by atoms with Gasteiger partial charge in [-0.05, 0) is 49.3 Å². The SMILES string of the molecule is C=Cc1cnnc(-c2cc(C#N)c(N3CCNC(C4CC4)C3)nc2C2CC2)c1. The molecule has 0 aromatic carbocycles. The molecule has 1 saturated heterocycles. The third kappa shape index (κ3) is 3.27. The third-order valence-corrected chi connectivity index (χ3v) is 6.00. The van der Waals surface area contributed by atoms with E-state index in [9.17, 15) is 5.26 Å². The Morgan fingerprint density at radius 1 is 1.25 bits per heavy atom. The van der Waals surface area contributed by atoms with Crippen molar-refractivity contribution in [1.82, 2.24) is 20.5 Å². The highest BCUT2D eigenvalue weighted by Crippen LogP contribution is 2.45. The summed E-state index contributed by atoms with van der Waals surface area (Å²) in [6.45, 7) is 6.59. The first kappa shape index (κ1) is 17.3. The first-order valence-electron chi connectivity index (χ1n) is 10.2. The fourth-order valence-corrected chi connectivity index (χ4v) is 4.12. The van der Waals surface area contributed by atoms with Gasteiger partial charge in [-0.2, -0.15) is 15.5 Å². The summed E-state index contributed by atoms with van der Waals surface area (Å²) >= 11 is 0. The fraction of sp³-hybridized carbons (Fsp3) is 0.455. The number of nitriles is 1. The number of hydrogen-bond acceptors (Lipinski definition) is 6. The van der Waals surface area contributed by atoms with Gasteiger partial charge in [-0.15, -0.1) is 0 Å². The maximum atomic E-state index is 9.87. The third-order valence-electron chi connectivity index (χ3n) is 6.00. The predicted octanol–water partition coefficient (Wildman–Crippen LogP) is 3.12. The van der Waals surface area contributed by atoms with Gasteiger partial charge in [0.2, 0.25) is 0 Å². The average molecular weight is 372 g/mol. The molecule has 28 heavy (non-hydrogen) atoms. The van der Waals surface area contributed by atoms with Crippen LogP contribution in [0.25, 0.3) is 17.3 Å². The number of nitrogens with zero attached hydrogens (tertiary/aromatic N) is 5. The van der Waals surface area contributed by atoms with E-state index in [0.29, 0.717) is 17.5 Å². The topological polar surface area (TPSA) is 77.7 Å². The highest BCUT2D eigenvalue weighted by atomic mass is 15.2. The second kappa shape index (κ2) is 6.99. The van der Waals surface area contributed by atoms with Gasteiger partial charge in [0.15, 0.2) is 0 Å². The van der Waals surface area contributed by atoms with Gasteiger partial charge in [0.05, 0.1) is 23.1 Å². The summed E-state index contributed by atoms with van der Waals surface area (Å²) in [5, 5.41) is 21.9. The lowest BCUT2D eigenvalue weighted by molar-refractivity contribution is 0.417. The Balaban J connectivity index is 1.56. The highest BCUT2D eigenvalue weighted by molar-refractivity contribution is 5.71. The van der Waals surface area contributed by atoms with Crippen molar-refractivity contribution in [1.29, 1.82) is 5.26 Å². The van der Waals surface area contributed by atoms with Crippen LogP contribution >= 0.6 is 0 Å². The van der Waals surface area contributed by atoms with E-state index in [1.165, 1.54) is 12.8 Å². The molecule has 1 aliphatic heterocycles. The summed E-state index contributed by atoms with van der Waals surface area (Å²) in [4.78, 5) is 7.36. The molecule has 2 aromatic rings. The van der Waals surface area contributed by atoms with Crippen LogP contribution < -0.4 is 10.2 Å². The molecule has 3 heterocycles. The quantitative estimate of drug-likeness (QED) is 0.869. The van der Waals surface area contributed by atoms with Gasteiger partial charge in [-0.1, -0.05) is 12.7 Å². The van der Waals surface area contributed by atoms with Gasteiger partial charge in [0, 0.05) is 37.2 Å². The Labute approximate surface area is 165 Å². The predicted molar refractivity (Wildman–Crippen MR) is 109 cm³/mol. The molecule has 0 radical (unpaired) electrons. The van der Waals surface area contributed by atoms with E-state index in [1.807, 2.05) is 12.1 Å². The second-order valence-corrected chi connectivity index (χ2v) is 8.10. The zero-order chi connectivity index (χ0) is 19.1. The lowest BCUT2D eigenvalue weighted by Crippen LogP contribution is -2.52.